The fourth-order valence-corrected chi connectivity index (χ4v) is 13.4. The van der Waals surface area contributed by atoms with E-state index >= 15 is 0 Å². The lowest BCUT2D eigenvalue weighted by atomic mass is 9.33. The number of hydrogen-bond acceptors (Lipinski definition) is 7. The van der Waals surface area contributed by atoms with Crippen molar-refractivity contribution in [2.75, 3.05) is 0 Å². The number of aliphatic carboxylic acids is 1. The van der Waals surface area contributed by atoms with Crippen LogP contribution in [0.5, 0.6) is 0 Å². The van der Waals surface area contributed by atoms with Crippen molar-refractivity contribution in [3.8, 4) is 17.5 Å². The Bertz CT molecular complexity index is 1970. The number of Topliss-reactive ketones (excluding diaryl/α,β-unsaturated/α-hetero) is 1. The van der Waals surface area contributed by atoms with Gasteiger partial charge in [-0.05, 0) is 141 Å². The molecule has 0 unspecified atom stereocenters. The van der Waals surface area contributed by atoms with E-state index < -0.39 is 22.8 Å². The highest BCUT2D eigenvalue weighted by molar-refractivity contribution is 6.01. The van der Waals surface area contributed by atoms with E-state index in [-0.39, 0.29) is 51.8 Å². The minimum Gasteiger partial charge on any atom is -0.481 e. The highest BCUT2D eigenvalue weighted by Gasteiger charge is 2.71. The maximum absolute atomic E-state index is 14.3. The number of carboxylic acid groups (broad SMARTS) is 1. The van der Waals surface area contributed by atoms with E-state index in [0.29, 0.717) is 23.8 Å². The first kappa shape index (κ1) is 38.5. The summed E-state index contributed by atoms with van der Waals surface area (Å²) in [5, 5.41) is 28.6. The molecule has 4 fully saturated rings. The average Bonchev–Trinajstić information content (AvgIpc) is 3.63. The van der Waals surface area contributed by atoms with Gasteiger partial charge in [-0.1, -0.05) is 48.5 Å². The molecule has 8 atom stereocenters. The summed E-state index contributed by atoms with van der Waals surface area (Å²) in [6.07, 6.45) is 7.92. The molecule has 5 aliphatic rings. The number of carboxylic acids is 1. The molecule has 0 radical (unpaired) electrons. The van der Waals surface area contributed by atoms with Crippen LogP contribution in [0.4, 0.5) is 0 Å². The number of nitriles is 1. The molecule has 0 amide bonds. The Morgan fingerprint density at radius 1 is 0.963 bits per heavy atom. The Balaban J connectivity index is 1.22. The van der Waals surface area contributed by atoms with Crippen molar-refractivity contribution in [1.29, 1.82) is 5.26 Å². The molecule has 4 saturated carbocycles. The van der Waals surface area contributed by atoms with Crippen LogP contribution in [-0.4, -0.2) is 43.7 Å². The lowest BCUT2D eigenvalue weighted by molar-refractivity contribution is -0.232. The first-order valence-electron chi connectivity index (χ1n) is 20.3. The number of nitrogens with zero attached hydrogens (tertiary/aromatic N) is 4. The Morgan fingerprint density at radius 3 is 2.28 bits per heavy atom. The van der Waals surface area contributed by atoms with Gasteiger partial charge in [-0.25, -0.2) is 0 Å². The van der Waals surface area contributed by atoms with Crippen LogP contribution in [-0.2, 0) is 31.6 Å². The standard InChI is InChI=1S/C45H60N4O5/c1-26(2)35-30(50)23-45(38-48-47-37(49(38)10)28-13-11-27(25-46)12-14-28)22-21-43(8)29(36(35)45)15-16-32-42(7)19-18-33(54-34(51)24-40(3,4)39(52)53)41(5,6)31(42)17-20-44(32,43)9/h11-14,26,29,31-33H,15-24H2,1-10H3,(H,52,53)/t29-,31+,32-,33+,42+,43-,44-,45-/m1/s1. The van der Waals surface area contributed by atoms with Gasteiger partial charge in [0.1, 0.15) is 11.9 Å². The molecule has 1 heterocycles. The van der Waals surface area contributed by atoms with Gasteiger partial charge in [-0.15, -0.1) is 10.2 Å². The van der Waals surface area contributed by atoms with E-state index in [1.165, 1.54) is 5.57 Å². The van der Waals surface area contributed by atoms with Gasteiger partial charge in [0, 0.05) is 24.4 Å². The number of benzene rings is 1. The van der Waals surface area contributed by atoms with Crippen LogP contribution in [0.25, 0.3) is 11.4 Å². The van der Waals surface area contributed by atoms with Crippen LogP contribution in [0, 0.1) is 62.1 Å². The number of hydrogen-bond donors (Lipinski definition) is 1. The van der Waals surface area contributed by atoms with E-state index in [4.69, 9.17) is 14.9 Å². The molecule has 0 saturated heterocycles. The highest BCUT2D eigenvalue weighted by Crippen LogP contribution is 2.76. The number of carbonyl (C=O) groups is 3. The number of ether oxygens (including phenoxy) is 1. The van der Waals surface area contributed by atoms with Crippen molar-refractivity contribution < 1.29 is 24.2 Å². The maximum atomic E-state index is 14.3. The van der Waals surface area contributed by atoms with Gasteiger partial charge in [0.15, 0.2) is 11.6 Å². The number of rotatable bonds is 7. The van der Waals surface area contributed by atoms with Crippen LogP contribution in [0.15, 0.2) is 35.4 Å². The highest BCUT2D eigenvalue weighted by atomic mass is 16.5. The first-order chi connectivity index (χ1) is 25.2. The van der Waals surface area contributed by atoms with Gasteiger partial charge in [0.25, 0.3) is 0 Å². The molecule has 1 aromatic carbocycles. The third-order valence-corrected chi connectivity index (χ3v) is 16.4. The quantitative estimate of drug-likeness (QED) is 0.278. The molecule has 7 rings (SSSR count). The molecule has 5 aliphatic carbocycles. The van der Waals surface area contributed by atoms with Crippen molar-refractivity contribution in [2.45, 2.75) is 138 Å². The third kappa shape index (κ3) is 5.31. The average molecular weight is 737 g/mol. The van der Waals surface area contributed by atoms with E-state index in [1.54, 1.807) is 13.8 Å². The zero-order chi connectivity index (χ0) is 39.4. The monoisotopic (exact) mass is 736 g/mol. The number of ketones is 1. The molecule has 9 nitrogen and oxygen atoms in total. The smallest absolute Gasteiger partial charge is 0.309 e. The zero-order valence-electron chi connectivity index (χ0n) is 34.1. The number of esters is 1. The van der Waals surface area contributed by atoms with Gasteiger partial charge in [-0.3, -0.25) is 14.4 Å². The fraction of sp³-hybridized carbons (Fsp3) is 0.689. The predicted octanol–water partition coefficient (Wildman–Crippen LogP) is 9.00. The van der Waals surface area contributed by atoms with E-state index in [0.717, 1.165) is 74.2 Å². The minimum absolute atomic E-state index is 0.0160. The van der Waals surface area contributed by atoms with Gasteiger partial charge < -0.3 is 14.4 Å². The summed E-state index contributed by atoms with van der Waals surface area (Å²) in [5.74, 6) is 1.70. The summed E-state index contributed by atoms with van der Waals surface area (Å²) >= 11 is 0. The summed E-state index contributed by atoms with van der Waals surface area (Å²) in [7, 11) is 2.03. The van der Waals surface area contributed by atoms with Crippen molar-refractivity contribution in [2.24, 2.45) is 57.8 Å². The third-order valence-electron chi connectivity index (χ3n) is 16.4. The topological polar surface area (TPSA) is 135 Å². The normalized spacial score (nSPS) is 35.8. The van der Waals surface area contributed by atoms with E-state index in [1.807, 2.05) is 31.3 Å². The van der Waals surface area contributed by atoms with Crippen molar-refractivity contribution in [3.05, 3.63) is 46.8 Å². The number of allylic oxidation sites excluding steroid dienone is 2. The van der Waals surface area contributed by atoms with Crippen LogP contribution in [0.2, 0.25) is 0 Å². The SMILES string of the molecule is CC(C)C1=C2[C@H]3CC[C@@H]4[C@@]5(C)CC[C@H](OC(=O)CC(C)(C)C(=O)O)C(C)(C)[C@@H]5CC[C@@]4(C)[C@]3(C)CC[C@@]2(c2nnc(-c3ccc(C#N)cc3)n2C)CC1=O. The van der Waals surface area contributed by atoms with Crippen LogP contribution in [0.3, 0.4) is 0 Å². The Hall–Kier alpha value is -3.80. The maximum Gasteiger partial charge on any atom is 0.309 e. The van der Waals surface area contributed by atoms with Crippen molar-refractivity contribution >= 4 is 17.7 Å². The predicted molar refractivity (Wildman–Crippen MR) is 206 cm³/mol. The second kappa shape index (κ2) is 12.6. The minimum atomic E-state index is -1.17. The molecule has 2 aromatic rings. The largest absolute Gasteiger partial charge is 0.481 e. The van der Waals surface area contributed by atoms with E-state index in [9.17, 15) is 24.8 Å². The molecule has 54 heavy (non-hydrogen) atoms. The summed E-state index contributed by atoms with van der Waals surface area (Å²) in [6, 6.07) is 9.68. The van der Waals surface area contributed by atoms with Gasteiger partial charge >= 0.3 is 11.9 Å². The molecule has 0 spiro atoms. The summed E-state index contributed by atoms with van der Waals surface area (Å²) in [5.41, 5.74) is 2.04. The Morgan fingerprint density at radius 2 is 1.65 bits per heavy atom. The lowest BCUT2D eigenvalue weighted by Gasteiger charge is -2.72. The zero-order valence-corrected chi connectivity index (χ0v) is 34.1. The molecular weight excluding hydrogens is 677 g/mol. The molecule has 0 bridgehead atoms. The Kier molecular flexibility index (Phi) is 8.99. The summed E-state index contributed by atoms with van der Waals surface area (Å²) < 4.78 is 8.29. The second-order valence-corrected chi connectivity index (χ2v) is 20.1. The molecular formula is C45H60N4O5. The lowest BCUT2D eigenvalue weighted by Crippen LogP contribution is -2.66. The molecule has 1 aromatic heterocycles. The van der Waals surface area contributed by atoms with Gasteiger partial charge in [-0.2, -0.15) is 5.26 Å². The van der Waals surface area contributed by atoms with Gasteiger partial charge in [0.2, 0.25) is 0 Å². The van der Waals surface area contributed by atoms with Crippen LogP contribution < -0.4 is 0 Å². The Labute approximate surface area is 321 Å². The van der Waals surface area contributed by atoms with Crippen LogP contribution in [0.1, 0.15) is 138 Å². The van der Waals surface area contributed by atoms with Crippen LogP contribution >= 0.6 is 0 Å². The van der Waals surface area contributed by atoms with Crippen molar-refractivity contribution in [1.82, 2.24) is 14.8 Å². The van der Waals surface area contributed by atoms with Crippen molar-refractivity contribution in [3.63, 3.8) is 0 Å². The van der Waals surface area contributed by atoms with E-state index in [2.05, 4.69) is 59.1 Å². The molecule has 9 heteroatoms. The molecule has 0 aliphatic heterocycles. The fourth-order valence-electron chi connectivity index (χ4n) is 13.4. The summed E-state index contributed by atoms with van der Waals surface area (Å²) in [6.45, 7) is 19.7. The number of fused-ring (bicyclic) bond motifs is 7. The second-order valence-electron chi connectivity index (χ2n) is 20.1. The van der Waals surface area contributed by atoms with Gasteiger partial charge in [0.05, 0.1) is 28.9 Å². The molecule has 290 valence electrons. The summed E-state index contributed by atoms with van der Waals surface area (Å²) in [4.78, 5) is 39.2. The number of carbonyl (C=O) groups excluding carboxylic acids is 2. The number of aromatic nitrogens is 3. The molecule has 1 N–H and O–H groups in total. The first-order valence-corrected chi connectivity index (χ1v) is 20.3.